The molecule has 0 saturated carbocycles. The van der Waals surface area contributed by atoms with Gasteiger partial charge in [0.15, 0.2) is 0 Å². The van der Waals surface area contributed by atoms with Crippen molar-refractivity contribution in [2.45, 2.75) is 6.92 Å². The summed E-state index contributed by atoms with van der Waals surface area (Å²) in [5.74, 6) is 0. The lowest BCUT2D eigenvalue weighted by molar-refractivity contribution is 1.24. The van der Waals surface area contributed by atoms with Crippen LogP contribution in [-0.4, -0.2) is 4.98 Å². The van der Waals surface area contributed by atoms with Gasteiger partial charge in [0.05, 0.1) is 5.69 Å². The maximum Gasteiger partial charge on any atom is 0.0790 e. The molecule has 2 heteroatoms. The number of hydrogen-bond acceptors (Lipinski definition) is 1. The molecular weight excluding hydrogens is 358 g/mol. The van der Waals surface area contributed by atoms with Crippen molar-refractivity contribution in [1.29, 1.82) is 0 Å². The molecule has 0 aliphatic carbocycles. The molecule has 24 heavy (non-hydrogen) atoms. The quantitative estimate of drug-likeness (QED) is 0.383. The fourth-order valence-corrected chi connectivity index (χ4v) is 3.86. The normalized spacial score (nSPS) is 10.9. The highest BCUT2D eigenvalue weighted by Crippen LogP contribution is 2.39. The van der Waals surface area contributed by atoms with E-state index in [1.807, 2.05) is 12.1 Å². The summed E-state index contributed by atoms with van der Waals surface area (Å²) >= 11 is 3.70. The van der Waals surface area contributed by atoms with E-state index in [-0.39, 0.29) is 0 Å². The van der Waals surface area contributed by atoms with Crippen molar-refractivity contribution in [1.82, 2.24) is 4.98 Å². The van der Waals surface area contributed by atoms with Crippen molar-refractivity contribution in [3.63, 3.8) is 0 Å². The number of rotatable bonds is 2. The van der Waals surface area contributed by atoms with Crippen LogP contribution in [0.25, 0.3) is 33.2 Å². The molecule has 0 radical (unpaired) electrons. The van der Waals surface area contributed by atoms with Crippen LogP contribution in [0.5, 0.6) is 0 Å². The zero-order valence-corrected chi connectivity index (χ0v) is 14.9. The summed E-state index contributed by atoms with van der Waals surface area (Å²) < 4.78 is 1.08. The van der Waals surface area contributed by atoms with E-state index in [9.17, 15) is 0 Å². The highest BCUT2D eigenvalue weighted by atomic mass is 79.9. The predicted molar refractivity (Wildman–Crippen MR) is 105 cm³/mol. The molecule has 0 spiro atoms. The molecule has 0 saturated heterocycles. The molecule has 3 aromatic carbocycles. The maximum absolute atomic E-state index is 4.98. The third-order valence-corrected chi connectivity index (χ3v) is 4.93. The molecule has 0 unspecified atom stereocenters. The van der Waals surface area contributed by atoms with Crippen molar-refractivity contribution in [3.8, 4) is 22.4 Å². The number of benzene rings is 3. The Morgan fingerprint density at radius 1 is 0.708 bits per heavy atom. The molecule has 1 nitrogen and oxygen atoms in total. The zero-order valence-electron chi connectivity index (χ0n) is 13.3. The molecule has 4 aromatic rings. The second-order valence-corrected chi connectivity index (χ2v) is 6.67. The van der Waals surface area contributed by atoms with Gasteiger partial charge in [-0.1, -0.05) is 88.7 Å². The van der Waals surface area contributed by atoms with Crippen LogP contribution in [0.15, 0.2) is 83.3 Å². The largest absolute Gasteiger partial charge is 0.252 e. The van der Waals surface area contributed by atoms with Gasteiger partial charge in [-0.15, -0.1) is 0 Å². The summed E-state index contributed by atoms with van der Waals surface area (Å²) in [5.41, 5.74) is 5.58. The summed E-state index contributed by atoms with van der Waals surface area (Å²) in [6.45, 7) is 2.08. The number of fused-ring (bicyclic) bond motifs is 1. The lowest BCUT2D eigenvalue weighted by Gasteiger charge is -2.16. The number of nitrogens with zero attached hydrogens (tertiary/aromatic N) is 1. The summed E-state index contributed by atoms with van der Waals surface area (Å²) in [6.07, 6.45) is 0. The summed E-state index contributed by atoms with van der Waals surface area (Å²) in [4.78, 5) is 4.98. The Morgan fingerprint density at radius 2 is 1.33 bits per heavy atom. The second-order valence-electron chi connectivity index (χ2n) is 5.82. The number of pyridine rings is 1. The zero-order chi connectivity index (χ0) is 16.5. The summed E-state index contributed by atoms with van der Waals surface area (Å²) in [7, 11) is 0. The fourth-order valence-electron chi connectivity index (χ4n) is 3.21. The first-order valence-electron chi connectivity index (χ1n) is 7.95. The summed E-state index contributed by atoms with van der Waals surface area (Å²) in [6, 6.07) is 27.3. The van der Waals surface area contributed by atoms with E-state index in [0.717, 1.165) is 21.4 Å². The maximum atomic E-state index is 4.98. The van der Waals surface area contributed by atoms with Crippen molar-refractivity contribution >= 4 is 26.7 Å². The Kier molecular flexibility index (Phi) is 3.91. The molecule has 0 amide bonds. The van der Waals surface area contributed by atoms with Crippen LogP contribution >= 0.6 is 15.9 Å². The lowest BCUT2D eigenvalue weighted by atomic mass is 9.93. The lowest BCUT2D eigenvalue weighted by Crippen LogP contribution is -1.96. The van der Waals surface area contributed by atoms with Gasteiger partial charge in [0.2, 0.25) is 0 Å². The van der Waals surface area contributed by atoms with Gasteiger partial charge in [0, 0.05) is 26.7 Å². The van der Waals surface area contributed by atoms with Crippen LogP contribution in [0.2, 0.25) is 0 Å². The van der Waals surface area contributed by atoms with E-state index in [0.29, 0.717) is 0 Å². The Morgan fingerprint density at radius 3 is 2.00 bits per heavy atom. The highest BCUT2D eigenvalue weighted by Gasteiger charge is 2.16. The van der Waals surface area contributed by atoms with Crippen LogP contribution in [0.4, 0.5) is 0 Å². The van der Waals surface area contributed by atoms with E-state index >= 15 is 0 Å². The van der Waals surface area contributed by atoms with Gasteiger partial charge in [-0.3, -0.25) is 4.98 Å². The van der Waals surface area contributed by atoms with Crippen molar-refractivity contribution < 1.29 is 0 Å². The molecule has 1 aromatic heterocycles. The van der Waals surface area contributed by atoms with Gasteiger partial charge in [-0.2, -0.15) is 0 Å². The predicted octanol–water partition coefficient (Wildman–Crippen LogP) is 6.64. The van der Waals surface area contributed by atoms with Gasteiger partial charge in [0.25, 0.3) is 0 Å². The van der Waals surface area contributed by atoms with Crippen molar-refractivity contribution in [2.24, 2.45) is 0 Å². The molecule has 1 heterocycles. The van der Waals surface area contributed by atoms with E-state index in [1.165, 1.54) is 21.9 Å². The Hall–Kier alpha value is -2.45. The Bertz CT molecular complexity index is 1010. The van der Waals surface area contributed by atoms with Crippen LogP contribution < -0.4 is 0 Å². The molecule has 0 aliphatic rings. The number of halogens is 1. The SMILES string of the molecule is Cc1nc(-c2ccccc2)c(-c2ccccc2)c2cccc(Br)c12. The molecule has 0 atom stereocenters. The second kappa shape index (κ2) is 6.21. The Balaban J connectivity index is 2.17. The molecular formula is C22H16BrN. The van der Waals surface area contributed by atoms with E-state index in [1.54, 1.807) is 0 Å². The van der Waals surface area contributed by atoms with Gasteiger partial charge < -0.3 is 0 Å². The van der Waals surface area contributed by atoms with E-state index < -0.39 is 0 Å². The molecule has 0 N–H and O–H groups in total. The van der Waals surface area contributed by atoms with Crippen molar-refractivity contribution in [2.75, 3.05) is 0 Å². The fraction of sp³-hybridized carbons (Fsp3) is 0.0455. The minimum atomic E-state index is 1.03. The van der Waals surface area contributed by atoms with Gasteiger partial charge in [-0.25, -0.2) is 0 Å². The highest BCUT2D eigenvalue weighted by molar-refractivity contribution is 9.10. The summed E-state index contributed by atoms with van der Waals surface area (Å²) in [5, 5.41) is 2.40. The smallest absolute Gasteiger partial charge is 0.0790 e. The molecule has 116 valence electrons. The minimum Gasteiger partial charge on any atom is -0.252 e. The first kappa shape index (κ1) is 15.1. The van der Waals surface area contributed by atoms with Crippen LogP contribution in [0.3, 0.4) is 0 Å². The van der Waals surface area contributed by atoms with Crippen LogP contribution in [0.1, 0.15) is 5.69 Å². The first-order chi connectivity index (χ1) is 11.8. The standard InChI is InChI=1S/C22H16BrN/c1-15-20-18(13-8-14-19(20)23)21(16-9-4-2-5-10-16)22(24-15)17-11-6-3-7-12-17/h2-14H,1H3. The Labute approximate surface area is 150 Å². The number of aromatic nitrogens is 1. The van der Waals surface area contributed by atoms with E-state index in [4.69, 9.17) is 4.98 Å². The molecule has 0 fully saturated rings. The van der Waals surface area contributed by atoms with Gasteiger partial charge in [0.1, 0.15) is 0 Å². The molecule has 0 aliphatic heterocycles. The third-order valence-electron chi connectivity index (χ3n) is 4.27. The number of aryl methyl sites for hydroxylation is 1. The van der Waals surface area contributed by atoms with Gasteiger partial charge >= 0.3 is 0 Å². The van der Waals surface area contributed by atoms with Crippen LogP contribution in [-0.2, 0) is 0 Å². The van der Waals surface area contributed by atoms with Crippen molar-refractivity contribution in [3.05, 3.63) is 89.0 Å². The first-order valence-corrected chi connectivity index (χ1v) is 8.74. The third kappa shape index (κ3) is 2.53. The van der Waals surface area contributed by atoms with Gasteiger partial charge in [-0.05, 0) is 23.9 Å². The average Bonchev–Trinajstić information content (AvgIpc) is 2.63. The molecule has 0 bridgehead atoms. The monoisotopic (exact) mass is 373 g/mol. The molecule has 4 rings (SSSR count). The van der Waals surface area contributed by atoms with E-state index in [2.05, 4.69) is 89.6 Å². The van der Waals surface area contributed by atoms with Crippen LogP contribution in [0, 0.1) is 6.92 Å². The average molecular weight is 374 g/mol. The number of hydrogen-bond donors (Lipinski definition) is 0. The topological polar surface area (TPSA) is 12.9 Å². The minimum absolute atomic E-state index is 1.03.